The average molecular weight is 425 g/mol. The summed E-state index contributed by atoms with van der Waals surface area (Å²) in [7, 11) is 0. The van der Waals surface area contributed by atoms with Gasteiger partial charge in [-0.25, -0.2) is 0 Å². The number of hydrogen-bond donors (Lipinski definition) is 1. The van der Waals surface area contributed by atoms with E-state index in [1.165, 1.54) is 11.1 Å². The van der Waals surface area contributed by atoms with Crippen LogP contribution < -0.4 is 0 Å². The molecule has 1 spiro atoms. The molecular formula is C22H21BrN2O2. The highest BCUT2D eigenvalue weighted by atomic mass is 79.9. The summed E-state index contributed by atoms with van der Waals surface area (Å²) in [5.74, 6) is 0.0803. The maximum Gasteiger partial charge on any atom is 0.270 e. The number of nitrogens with zero attached hydrogens (tertiary/aromatic N) is 1. The predicted octanol–water partition coefficient (Wildman–Crippen LogP) is 4.90. The molecule has 138 valence electrons. The van der Waals surface area contributed by atoms with Crippen LogP contribution >= 0.6 is 15.9 Å². The quantitative estimate of drug-likeness (QED) is 0.603. The number of piperidine rings is 1. The van der Waals surface area contributed by atoms with Crippen molar-refractivity contribution in [1.82, 2.24) is 9.88 Å². The van der Waals surface area contributed by atoms with Crippen molar-refractivity contribution < 1.29 is 9.53 Å². The molecule has 2 aromatic carbocycles. The lowest BCUT2D eigenvalue weighted by Crippen LogP contribution is -2.45. The highest BCUT2D eigenvalue weighted by molar-refractivity contribution is 9.10. The van der Waals surface area contributed by atoms with E-state index in [1.807, 2.05) is 30.0 Å². The van der Waals surface area contributed by atoms with Gasteiger partial charge in [-0.3, -0.25) is 4.79 Å². The smallest absolute Gasteiger partial charge is 0.270 e. The third kappa shape index (κ3) is 2.56. The summed E-state index contributed by atoms with van der Waals surface area (Å²) < 4.78 is 7.24. The topological polar surface area (TPSA) is 45.3 Å². The van der Waals surface area contributed by atoms with E-state index >= 15 is 0 Å². The number of ether oxygens (including phenoxy) is 1. The monoisotopic (exact) mass is 424 g/mol. The minimum absolute atomic E-state index is 0.0803. The lowest BCUT2D eigenvalue weighted by Gasteiger charge is -2.39. The Balaban J connectivity index is 1.40. The first-order valence-electron chi connectivity index (χ1n) is 9.37. The van der Waals surface area contributed by atoms with E-state index in [9.17, 15) is 4.79 Å². The van der Waals surface area contributed by atoms with Gasteiger partial charge in [0.2, 0.25) is 0 Å². The zero-order valence-electron chi connectivity index (χ0n) is 15.2. The molecule has 0 saturated carbocycles. The summed E-state index contributed by atoms with van der Waals surface area (Å²) in [5, 5.41) is 1.09. The second kappa shape index (κ2) is 6.21. The number of aromatic nitrogens is 1. The molecule has 1 N–H and O–H groups in total. The first-order chi connectivity index (χ1) is 13.1. The maximum atomic E-state index is 13.2. The molecule has 2 aliphatic heterocycles. The minimum atomic E-state index is -0.216. The van der Waals surface area contributed by atoms with Crippen molar-refractivity contribution >= 4 is 32.7 Å². The summed E-state index contributed by atoms with van der Waals surface area (Å²) in [6.45, 7) is 4.12. The molecule has 5 heteroatoms. The Morgan fingerprint density at radius 1 is 1.15 bits per heavy atom. The van der Waals surface area contributed by atoms with Crippen LogP contribution in [0.2, 0.25) is 0 Å². The normalized spacial score (nSPS) is 18.2. The molecule has 0 unspecified atom stereocenters. The number of amides is 1. The second-order valence-corrected chi connectivity index (χ2v) is 8.37. The predicted molar refractivity (Wildman–Crippen MR) is 109 cm³/mol. The Morgan fingerprint density at radius 2 is 1.93 bits per heavy atom. The molecule has 0 atom stereocenters. The van der Waals surface area contributed by atoms with E-state index in [-0.39, 0.29) is 11.5 Å². The van der Waals surface area contributed by atoms with Gasteiger partial charge in [0.15, 0.2) is 0 Å². The molecule has 4 nitrogen and oxygen atoms in total. The fraction of sp³-hybridized carbons (Fsp3) is 0.318. The number of aryl methyl sites for hydroxylation is 1. The lowest BCUT2D eigenvalue weighted by molar-refractivity contribution is -0.0742. The van der Waals surface area contributed by atoms with E-state index in [0.717, 1.165) is 33.8 Å². The van der Waals surface area contributed by atoms with Gasteiger partial charge in [0, 0.05) is 28.5 Å². The minimum Gasteiger partial charge on any atom is -0.365 e. The van der Waals surface area contributed by atoms with Gasteiger partial charge >= 0.3 is 0 Å². The summed E-state index contributed by atoms with van der Waals surface area (Å²) in [6.07, 6.45) is 1.69. The van der Waals surface area contributed by atoms with Crippen LogP contribution in [0.25, 0.3) is 10.9 Å². The van der Waals surface area contributed by atoms with E-state index in [4.69, 9.17) is 4.74 Å². The zero-order chi connectivity index (χ0) is 18.6. The molecule has 1 amide bonds. The van der Waals surface area contributed by atoms with Gasteiger partial charge in [0.05, 0.1) is 12.2 Å². The molecule has 1 aromatic heterocycles. The number of H-pyrrole nitrogens is 1. The summed E-state index contributed by atoms with van der Waals surface area (Å²) in [6, 6.07) is 14.5. The van der Waals surface area contributed by atoms with Gasteiger partial charge in [-0.2, -0.15) is 0 Å². The molecule has 1 fully saturated rings. The fourth-order valence-electron chi connectivity index (χ4n) is 4.60. The standard InChI is InChI=1S/C22H21BrN2O2/c1-14-19-17(23)7-4-8-18(19)24-20(14)21(26)25-11-9-22(10-12-25)16-6-3-2-5-15(16)13-27-22/h2-8,24H,9-13H2,1H3. The number of likely N-dealkylation sites (tertiary alicyclic amines) is 1. The Hall–Kier alpha value is -2.11. The third-order valence-electron chi connectivity index (χ3n) is 6.11. The van der Waals surface area contributed by atoms with Crippen molar-refractivity contribution in [3.05, 3.63) is 69.3 Å². The summed E-state index contributed by atoms with van der Waals surface area (Å²) >= 11 is 3.60. The van der Waals surface area contributed by atoms with Crippen LogP contribution in [0.1, 0.15) is 40.0 Å². The number of nitrogens with one attached hydrogen (secondary N) is 1. The van der Waals surface area contributed by atoms with Crippen LogP contribution in [0.5, 0.6) is 0 Å². The van der Waals surface area contributed by atoms with Crippen LogP contribution in [-0.4, -0.2) is 28.9 Å². The molecule has 0 bridgehead atoms. The van der Waals surface area contributed by atoms with Crippen LogP contribution in [0.15, 0.2) is 46.9 Å². The van der Waals surface area contributed by atoms with Crippen LogP contribution in [0, 0.1) is 6.92 Å². The highest BCUT2D eigenvalue weighted by Gasteiger charge is 2.43. The van der Waals surface area contributed by atoms with Crippen LogP contribution in [0.3, 0.4) is 0 Å². The summed E-state index contributed by atoms with van der Waals surface area (Å²) in [4.78, 5) is 18.5. The fourth-order valence-corrected chi connectivity index (χ4v) is 5.27. The van der Waals surface area contributed by atoms with Gasteiger partial charge in [-0.1, -0.05) is 46.3 Å². The van der Waals surface area contributed by atoms with Gasteiger partial charge in [0.25, 0.3) is 5.91 Å². The van der Waals surface area contributed by atoms with E-state index < -0.39 is 0 Å². The zero-order valence-corrected chi connectivity index (χ0v) is 16.8. The number of halogens is 1. The number of rotatable bonds is 1. The molecule has 3 heterocycles. The molecule has 5 rings (SSSR count). The average Bonchev–Trinajstić information content (AvgIpc) is 3.22. The number of aromatic amines is 1. The van der Waals surface area contributed by atoms with E-state index in [0.29, 0.717) is 25.4 Å². The molecule has 2 aliphatic rings. The van der Waals surface area contributed by atoms with E-state index in [2.05, 4.69) is 45.2 Å². The molecule has 27 heavy (non-hydrogen) atoms. The van der Waals surface area contributed by atoms with Gasteiger partial charge in [-0.15, -0.1) is 0 Å². The van der Waals surface area contributed by atoms with Crippen LogP contribution in [-0.2, 0) is 16.9 Å². The Kier molecular flexibility index (Phi) is 3.92. The molecule has 3 aromatic rings. The highest BCUT2D eigenvalue weighted by Crippen LogP contribution is 2.44. The van der Waals surface area contributed by atoms with E-state index in [1.54, 1.807) is 0 Å². The first kappa shape index (κ1) is 17.0. The first-order valence-corrected chi connectivity index (χ1v) is 10.2. The number of hydrogen-bond acceptors (Lipinski definition) is 2. The SMILES string of the molecule is Cc1c(C(=O)N2CCC3(CC2)OCc2ccccc23)[nH]c2cccc(Br)c12. The van der Waals surface area contributed by atoms with Crippen molar-refractivity contribution in [2.45, 2.75) is 32.0 Å². The Bertz CT molecular complexity index is 1050. The van der Waals surface area contributed by atoms with Crippen molar-refractivity contribution in [3.63, 3.8) is 0 Å². The van der Waals surface area contributed by atoms with Crippen molar-refractivity contribution in [2.24, 2.45) is 0 Å². The maximum absolute atomic E-state index is 13.2. The number of carbonyl (C=O) groups excluding carboxylic acids is 1. The largest absolute Gasteiger partial charge is 0.365 e. The lowest BCUT2D eigenvalue weighted by atomic mass is 9.83. The van der Waals surface area contributed by atoms with Crippen molar-refractivity contribution in [1.29, 1.82) is 0 Å². The Labute approximate surface area is 166 Å². The second-order valence-electron chi connectivity index (χ2n) is 7.52. The number of benzene rings is 2. The third-order valence-corrected chi connectivity index (χ3v) is 6.77. The molecular weight excluding hydrogens is 404 g/mol. The van der Waals surface area contributed by atoms with Crippen molar-refractivity contribution in [2.75, 3.05) is 13.1 Å². The summed E-state index contributed by atoms with van der Waals surface area (Å²) in [5.41, 5.74) is 5.07. The number of fused-ring (bicyclic) bond motifs is 3. The Morgan fingerprint density at radius 3 is 2.70 bits per heavy atom. The van der Waals surface area contributed by atoms with Gasteiger partial charge in [0.1, 0.15) is 5.69 Å². The molecule has 1 saturated heterocycles. The number of carbonyl (C=O) groups is 1. The van der Waals surface area contributed by atoms with Crippen LogP contribution in [0.4, 0.5) is 0 Å². The van der Waals surface area contributed by atoms with Gasteiger partial charge < -0.3 is 14.6 Å². The molecule has 0 aliphatic carbocycles. The molecule has 0 radical (unpaired) electrons. The van der Waals surface area contributed by atoms with Gasteiger partial charge in [-0.05, 0) is 48.6 Å². The van der Waals surface area contributed by atoms with Crippen molar-refractivity contribution in [3.8, 4) is 0 Å².